The number of esters is 1. The second-order valence-corrected chi connectivity index (χ2v) is 7.02. The van der Waals surface area contributed by atoms with Crippen molar-refractivity contribution < 1.29 is 23.9 Å². The van der Waals surface area contributed by atoms with E-state index in [1.54, 1.807) is 24.3 Å². The molecule has 0 spiro atoms. The second-order valence-electron chi connectivity index (χ2n) is 7.02. The summed E-state index contributed by atoms with van der Waals surface area (Å²) in [6.07, 6.45) is 0. The van der Waals surface area contributed by atoms with Crippen LogP contribution in [0.25, 0.3) is 0 Å². The van der Waals surface area contributed by atoms with E-state index in [1.807, 2.05) is 19.1 Å². The molecule has 0 unspecified atom stereocenters. The van der Waals surface area contributed by atoms with Crippen LogP contribution in [0.15, 0.2) is 66.7 Å². The van der Waals surface area contributed by atoms with Gasteiger partial charge in [-0.2, -0.15) is 0 Å². The number of rotatable bonds is 4. The lowest BCUT2D eigenvalue weighted by Gasteiger charge is -2.16. The van der Waals surface area contributed by atoms with Gasteiger partial charge in [-0.1, -0.05) is 18.2 Å². The van der Waals surface area contributed by atoms with Gasteiger partial charge in [-0.25, -0.2) is 9.69 Å². The predicted molar refractivity (Wildman–Crippen MR) is 114 cm³/mol. The normalized spacial score (nSPS) is 12.5. The zero-order valence-electron chi connectivity index (χ0n) is 16.8. The Kier molecular flexibility index (Phi) is 5.09. The van der Waals surface area contributed by atoms with Crippen molar-refractivity contribution in [3.05, 3.63) is 94.5 Å². The Labute approximate surface area is 178 Å². The van der Waals surface area contributed by atoms with Gasteiger partial charge < -0.3 is 10.1 Å². The lowest BCUT2D eigenvalue weighted by atomic mass is 10.1. The number of ether oxygens (including phenoxy) is 1. The first-order valence-electron chi connectivity index (χ1n) is 9.49. The highest BCUT2D eigenvalue weighted by Crippen LogP contribution is 2.31. The summed E-state index contributed by atoms with van der Waals surface area (Å²) >= 11 is 0. The Bertz CT molecular complexity index is 1230. The molecule has 1 aliphatic rings. The van der Waals surface area contributed by atoms with Crippen LogP contribution >= 0.6 is 0 Å². The van der Waals surface area contributed by atoms with Crippen molar-refractivity contribution in [3.8, 4) is 0 Å². The molecular formula is C24H18N2O5. The van der Waals surface area contributed by atoms with E-state index in [1.165, 1.54) is 37.4 Å². The fraction of sp³-hybridized carbons (Fsp3) is 0.0833. The highest BCUT2D eigenvalue weighted by molar-refractivity contribution is 6.35. The molecule has 0 bridgehead atoms. The Balaban J connectivity index is 1.58. The minimum Gasteiger partial charge on any atom is -0.465 e. The summed E-state index contributed by atoms with van der Waals surface area (Å²) < 4.78 is 4.65. The molecule has 0 radical (unpaired) electrons. The number of nitrogens with zero attached hydrogens (tertiary/aromatic N) is 1. The Hall–Kier alpha value is -4.26. The highest BCUT2D eigenvalue weighted by atomic mass is 16.5. The summed E-state index contributed by atoms with van der Waals surface area (Å²) in [7, 11) is 1.29. The van der Waals surface area contributed by atoms with Gasteiger partial charge in [-0.05, 0) is 61.0 Å². The SMILES string of the molecule is COC(=O)c1ccc(NC(=O)c2ccc3c(c2)C(=O)N(c2ccccc2C)C3=O)cc1. The number of fused-ring (bicyclic) bond motifs is 1. The maximum absolute atomic E-state index is 13.0. The second kappa shape index (κ2) is 7.87. The molecule has 3 aromatic rings. The van der Waals surface area contributed by atoms with Crippen LogP contribution in [-0.2, 0) is 4.74 Å². The van der Waals surface area contributed by atoms with Crippen LogP contribution in [0.3, 0.4) is 0 Å². The van der Waals surface area contributed by atoms with Crippen molar-refractivity contribution in [1.29, 1.82) is 0 Å². The molecule has 0 atom stereocenters. The lowest BCUT2D eigenvalue weighted by Crippen LogP contribution is -2.29. The first-order chi connectivity index (χ1) is 14.9. The molecule has 0 saturated carbocycles. The summed E-state index contributed by atoms with van der Waals surface area (Å²) in [4.78, 5) is 51.1. The highest BCUT2D eigenvalue weighted by Gasteiger charge is 2.37. The predicted octanol–water partition coefficient (Wildman–Crippen LogP) is 3.83. The third kappa shape index (κ3) is 3.57. The van der Waals surface area contributed by atoms with Crippen LogP contribution in [0.1, 0.15) is 47.0 Å². The van der Waals surface area contributed by atoms with E-state index in [4.69, 9.17) is 0 Å². The average molecular weight is 414 g/mol. The Morgan fingerprint density at radius 3 is 2.16 bits per heavy atom. The van der Waals surface area contributed by atoms with Crippen LogP contribution in [0.4, 0.5) is 11.4 Å². The number of benzene rings is 3. The van der Waals surface area contributed by atoms with E-state index in [-0.39, 0.29) is 16.7 Å². The fourth-order valence-electron chi connectivity index (χ4n) is 3.43. The van der Waals surface area contributed by atoms with Crippen LogP contribution in [0.2, 0.25) is 0 Å². The monoisotopic (exact) mass is 414 g/mol. The van der Waals surface area contributed by atoms with Gasteiger partial charge in [0.1, 0.15) is 0 Å². The van der Waals surface area contributed by atoms with Crippen molar-refractivity contribution in [2.45, 2.75) is 6.92 Å². The maximum Gasteiger partial charge on any atom is 0.337 e. The smallest absolute Gasteiger partial charge is 0.337 e. The van der Waals surface area contributed by atoms with Gasteiger partial charge in [-0.3, -0.25) is 14.4 Å². The van der Waals surface area contributed by atoms with E-state index in [0.29, 0.717) is 16.9 Å². The molecule has 0 aromatic heterocycles. The molecule has 154 valence electrons. The molecule has 0 fully saturated rings. The number of amides is 3. The van der Waals surface area contributed by atoms with E-state index in [0.717, 1.165) is 10.5 Å². The molecule has 1 N–H and O–H groups in total. The van der Waals surface area contributed by atoms with Gasteiger partial charge in [0.2, 0.25) is 0 Å². The van der Waals surface area contributed by atoms with Gasteiger partial charge in [0.15, 0.2) is 0 Å². The molecule has 3 amide bonds. The van der Waals surface area contributed by atoms with Crippen molar-refractivity contribution in [3.63, 3.8) is 0 Å². The number of nitrogens with one attached hydrogen (secondary N) is 1. The number of hydrogen-bond acceptors (Lipinski definition) is 5. The van der Waals surface area contributed by atoms with E-state index >= 15 is 0 Å². The number of imide groups is 1. The molecular weight excluding hydrogens is 396 g/mol. The average Bonchev–Trinajstić information content (AvgIpc) is 3.03. The van der Waals surface area contributed by atoms with Gasteiger partial charge >= 0.3 is 5.97 Å². The van der Waals surface area contributed by atoms with E-state index < -0.39 is 23.7 Å². The number of methoxy groups -OCH3 is 1. The molecule has 0 saturated heterocycles. The largest absolute Gasteiger partial charge is 0.465 e. The van der Waals surface area contributed by atoms with Crippen molar-refractivity contribution >= 4 is 35.1 Å². The molecule has 4 rings (SSSR count). The van der Waals surface area contributed by atoms with Crippen molar-refractivity contribution in [2.24, 2.45) is 0 Å². The lowest BCUT2D eigenvalue weighted by molar-refractivity contribution is 0.0600. The summed E-state index contributed by atoms with van der Waals surface area (Å²) in [5.41, 5.74) is 2.83. The molecule has 1 aliphatic heterocycles. The minimum atomic E-state index is -0.474. The van der Waals surface area contributed by atoms with E-state index in [9.17, 15) is 19.2 Å². The standard InChI is InChI=1S/C24H18N2O5/c1-14-5-3-4-6-20(14)26-22(28)18-12-9-16(13-19(18)23(26)29)21(27)25-17-10-7-15(8-11-17)24(30)31-2/h3-13H,1-2H3,(H,25,27). The molecule has 0 aliphatic carbocycles. The fourth-order valence-corrected chi connectivity index (χ4v) is 3.43. The topological polar surface area (TPSA) is 92.8 Å². The molecule has 3 aromatic carbocycles. The third-order valence-corrected chi connectivity index (χ3v) is 5.07. The van der Waals surface area contributed by atoms with Crippen LogP contribution in [-0.4, -0.2) is 30.8 Å². The van der Waals surface area contributed by atoms with Crippen LogP contribution in [0.5, 0.6) is 0 Å². The summed E-state index contributed by atoms with van der Waals surface area (Å²) in [6.45, 7) is 1.82. The number of para-hydroxylation sites is 1. The molecule has 7 nitrogen and oxygen atoms in total. The quantitative estimate of drug-likeness (QED) is 0.517. The van der Waals surface area contributed by atoms with Crippen LogP contribution in [0, 0.1) is 6.92 Å². The van der Waals surface area contributed by atoms with Crippen molar-refractivity contribution in [1.82, 2.24) is 0 Å². The van der Waals surface area contributed by atoms with Gasteiger partial charge in [0.05, 0.1) is 29.5 Å². The number of hydrogen-bond donors (Lipinski definition) is 1. The first-order valence-corrected chi connectivity index (χ1v) is 9.49. The molecule has 31 heavy (non-hydrogen) atoms. The van der Waals surface area contributed by atoms with E-state index in [2.05, 4.69) is 10.1 Å². The zero-order valence-corrected chi connectivity index (χ0v) is 16.8. The third-order valence-electron chi connectivity index (χ3n) is 5.07. The summed E-state index contributed by atoms with van der Waals surface area (Å²) in [5.74, 6) is -1.80. The summed E-state index contributed by atoms with van der Waals surface area (Å²) in [5, 5.41) is 2.71. The van der Waals surface area contributed by atoms with Gasteiger partial charge in [-0.15, -0.1) is 0 Å². The molecule has 7 heteroatoms. The Morgan fingerprint density at radius 1 is 0.839 bits per heavy atom. The zero-order chi connectivity index (χ0) is 22.1. The number of carbonyl (C=O) groups is 4. The first kappa shape index (κ1) is 20.0. The molecule has 1 heterocycles. The minimum absolute atomic E-state index is 0.182. The van der Waals surface area contributed by atoms with Gasteiger partial charge in [0, 0.05) is 11.3 Å². The summed E-state index contributed by atoms with van der Waals surface area (Å²) in [6, 6.07) is 17.8. The van der Waals surface area contributed by atoms with Crippen molar-refractivity contribution in [2.75, 3.05) is 17.3 Å². The van der Waals surface area contributed by atoms with Crippen LogP contribution < -0.4 is 10.2 Å². The Morgan fingerprint density at radius 2 is 1.48 bits per heavy atom. The number of aryl methyl sites for hydroxylation is 1. The number of carbonyl (C=O) groups excluding carboxylic acids is 4. The number of anilines is 2. The van der Waals surface area contributed by atoms with Gasteiger partial charge in [0.25, 0.3) is 17.7 Å². The maximum atomic E-state index is 13.0.